The zero-order valence-corrected chi connectivity index (χ0v) is 14.4. The first-order chi connectivity index (χ1) is 12.3. The minimum Gasteiger partial charge on any atom is -0.497 e. The molecule has 3 aromatic rings. The fourth-order valence-corrected chi connectivity index (χ4v) is 3.33. The maximum Gasteiger partial charge on any atom is 0.212 e. The van der Waals surface area contributed by atoms with Crippen LogP contribution in [0.3, 0.4) is 0 Å². The fourth-order valence-electron chi connectivity index (χ4n) is 2.47. The lowest BCUT2D eigenvalue weighted by atomic mass is 10.1. The highest BCUT2D eigenvalue weighted by Crippen LogP contribution is 2.25. The number of methoxy groups -OCH3 is 1. The first-order valence-corrected chi connectivity index (χ1v) is 8.79. The highest BCUT2D eigenvalue weighted by molar-refractivity contribution is 7.99. The zero-order valence-electron chi connectivity index (χ0n) is 13.6. The van der Waals surface area contributed by atoms with Gasteiger partial charge in [-0.25, -0.2) is 0 Å². The van der Waals surface area contributed by atoms with Crippen LogP contribution in [0.4, 0.5) is 0 Å². The second-order valence-electron chi connectivity index (χ2n) is 5.38. The van der Waals surface area contributed by atoms with Crippen LogP contribution in [-0.4, -0.2) is 33.4 Å². The van der Waals surface area contributed by atoms with Crippen molar-refractivity contribution in [3.05, 3.63) is 66.0 Å². The van der Waals surface area contributed by atoms with E-state index in [0.717, 1.165) is 27.9 Å². The van der Waals surface area contributed by atoms with Crippen molar-refractivity contribution in [2.24, 2.45) is 5.10 Å². The van der Waals surface area contributed by atoms with E-state index in [-0.39, 0.29) is 6.61 Å². The number of hydrogen-bond acceptors (Lipinski definition) is 6. The van der Waals surface area contributed by atoms with Crippen LogP contribution in [0.1, 0.15) is 11.4 Å². The molecule has 4 rings (SSSR count). The second-order valence-corrected chi connectivity index (χ2v) is 6.32. The predicted octanol–water partition coefficient (Wildman–Crippen LogP) is 3.22. The average molecular weight is 352 g/mol. The predicted molar refractivity (Wildman–Crippen MR) is 96.4 cm³/mol. The van der Waals surface area contributed by atoms with Crippen molar-refractivity contribution in [2.45, 2.75) is 11.8 Å². The molecule has 1 aliphatic rings. The van der Waals surface area contributed by atoms with Crippen LogP contribution in [0.5, 0.6) is 11.5 Å². The third-order valence-corrected chi connectivity index (χ3v) is 4.68. The summed E-state index contributed by atoms with van der Waals surface area (Å²) in [7, 11) is 1.63. The molecular formula is C18H16N4O2S. The Bertz CT molecular complexity index is 908. The fraction of sp³-hybridized carbons (Fsp3) is 0.167. The molecule has 1 aromatic heterocycles. The first-order valence-electron chi connectivity index (χ1n) is 7.81. The number of fused-ring (bicyclic) bond motifs is 1. The first kappa shape index (κ1) is 15.7. The van der Waals surface area contributed by atoms with Gasteiger partial charge in [-0.3, -0.25) is 0 Å². The average Bonchev–Trinajstić information content (AvgIpc) is 3.09. The van der Waals surface area contributed by atoms with Crippen molar-refractivity contribution in [3.63, 3.8) is 0 Å². The van der Waals surface area contributed by atoms with E-state index in [1.807, 2.05) is 42.5 Å². The summed E-state index contributed by atoms with van der Waals surface area (Å²) in [5, 5.41) is 13.9. The quantitative estimate of drug-likeness (QED) is 0.705. The molecule has 0 bridgehead atoms. The maximum atomic E-state index is 5.82. The van der Waals surface area contributed by atoms with Crippen LogP contribution >= 0.6 is 11.8 Å². The van der Waals surface area contributed by atoms with E-state index in [4.69, 9.17) is 14.6 Å². The van der Waals surface area contributed by atoms with Gasteiger partial charge in [0.15, 0.2) is 5.82 Å². The Labute approximate surface area is 149 Å². The van der Waals surface area contributed by atoms with Gasteiger partial charge in [0, 0.05) is 11.8 Å². The number of thioether (sulfide) groups is 1. The van der Waals surface area contributed by atoms with Crippen molar-refractivity contribution in [1.29, 1.82) is 0 Å². The summed E-state index contributed by atoms with van der Waals surface area (Å²) in [6, 6.07) is 17.6. The van der Waals surface area contributed by atoms with Crippen molar-refractivity contribution in [2.75, 3.05) is 12.9 Å². The monoisotopic (exact) mass is 352 g/mol. The number of benzene rings is 2. The van der Waals surface area contributed by atoms with Gasteiger partial charge in [0.2, 0.25) is 5.16 Å². The van der Waals surface area contributed by atoms with Gasteiger partial charge >= 0.3 is 0 Å². The number of hydrogen-bond donors (Lipinski definition) is 0. The summed E-state index contributed by atoms with van der Waals surface area (Å²) < 4.78 is 12.8. The van der Waals surface area contributed by atoms with Crippen LogP contribution in [0.2, 0.25) is 0 Å². The highest BCUT2D eigenvalue weighted by Gasteiger charge is 2.20. The molecule has 0 saturated carbocycles. The lowest BCUT2D eigenvalue weighted by Gasteiger charge is -2.14. The molecule has 7 heteroatoms. The number of ether oxygens (including phenoxy) is 2. The molecule has 0 amide bonds. The van der Waals surface area contributed by atoms with Crippen molar-refractivity contribution >= 4 is 17.5 Å². The zero-order chi connectivity index (χ0) is 17.1. The molecule has 0 fully saturated rings. The van der Waals surface area contributed by atoms with Crippen molar-refractivity contribution in [3.8, 4) is 11.5 Å². The molecule has 126 valence electrons. The van der Waals surface area contributed by atoms with Crippen LogP contribution in [-0.2, 0) is 6.61 Å². The third-order valence-electron chi connectivity index (χ3n) is 3.75. The smallest absolute Gasteiger partial charge is 0.212 e. The Morgan fingerprint density at radius 2 is 1.88 bits per heavy atom. The summed E-state index contributed by atoms with van der Waals surface area (Å²) >= 11 is 1.62. The van der Waals surface area contributed by atoms with Crippen molar-refractivity contribution in [1.82, 2.24) is 14.9 Å². The van der Waals surface area contributed by atoms with Gasteiger partial charge in [-0.1, -0.05) is 48.2 Å². The second kappa shape index (κ2) is 6.98. The molecule has 25 heavy (non-hydrogen) atoms. The van der Waals surface area contributed by atoms with Gasteiger partial charge in [0.25, 0.3) is 0 Å². The highest BCUT2D eigenvalue weighted by atomic mass is 32.2. The molecular weight excluding hydrogens is 336 g/mol. The largest absolute Gasteiger partial charge is 0.497 e. The molecule has 0 radical (unpaired) electrons. The minimum absolute atomic E-state index is 0.284. The SMILES string of the molecule is COc1cccc(OCc2nnc3n2N=C(c2ccccc2)CS3)c1. The lowest BCUT2D eigenvalue weighted by molar-refractivity contribution is 0.288. The topological polar surface area (TPSA) is 61.5 Å². The molecule has 2 aromatic carbocycles. The number of aromatic nitrogens is 3. The standard InChI is InChI=1S/C18H16N4O2S/c1-23-14-8-5-9-15(10-14)24-11-17-19-20-18-22(17)21-16(12-25-18)13-6-3-2-4-7-13/h2-10H,11-12H2,1H3. The van der Waals surface area contributed by atoms with Gasteiger partial charge < -0.3 is 9.47 Å². The van der Waals surface area contributed by atoms with E-state index in [9.17, 15) is 0 Å². The minimum atomic E-state index is 0.284. The molecule has 2 heterocycles. The van der Waals surface area contributed by atoms with E-state index >= 15 is 0 Å². The van der Waals surface area contributed by atoms with E-state index in [1.165, 1.54) is 0 Å². The number of rotatable bonds is 5. The molecule has 1 aliphatic heterocycles. The maximum absolute atomic E-state index is 5.82. The number of nitrogens with zero attached hydrogens (tertiary/aromatic N) is 4. The Hall–Kier alpha value is -2.80. The van der Waals surface area contributed by atoms with E-state index < -0.39 is 0 Å². The van der Waals surface area contributed by atoms with Gasteiger partial charge in [0.05, 0.1) is 12.8 Å². The van der Waals surface area contributed by atoms with Crippen LogP contribution in [0, 0.1) is 0 Å². The Morgan fingerprint density at radius 3 is 2.72 bits per heavy atom. The van der Waals surface area contributed by atoms with Gasteiger partial charge in [-0.15, -0.1) is 10.2 Å². The molecule has 0 unspecified atom stereocenters. The molecule has 6 nitrogen and oxygen atoms in total. The molecule has 0 aliphatic carbocycles. The van der Waals surface area contributed by atoms with Gasteiger partial charge in [-0.05, 0) is 17.7 Å². The van der Waals surface area contributed by atoms with Gasteiger partial charge in [-0.2, -0.15) is 9.78 Å². The van der Waals surface area contributed by atoms with E-state index in [2.05, 4.69) is 22.3 Å². The lowest BCUT2D eigenvalue weighted by Crippen LogP contribution is -2.15. The summed E-state index contributed by atoms with van der Waals surface area (Å²) in [4.78, 5) is 0. The molecule has 0 spiro atoms. The van der Waals surface area contributed by atoms with Gasteiger partial charge in [0.1, 0.15) is 18.1 Å². The normalized spacial score (nSPS) is 13.1. The summed E-state index contributed by atoms with van der Waals surface area (Å²) in [6.45, 7) is 0.284. The third kappa shape index (κ3) is 3.36. The Morgan fingerprint density at radius 1 is 1.04 bits per heavy atom. The van der Waals surface area contributed by atoms with Crippen LogP contribution in [0.25, 0.3) is 0 Å². The van der Waals surface area contributed by atoms with E-state index in [1.54, 1.807) is 23.5 Å². The molecule has 0 N–H and O–H groups in total. The Kier molecular flexibility index (Phi) is 4.39. The van der Waals surface area contributed by atoms with Crippen LogP contribution in [0.15, 0.2) is 64.9 Å². The molecule has 0 saturated heterocycles. The van der Waals surface area contributed by atoms with Crippen LogP contribution < -0.4 is 9.47 Å². The molecule has 0 atom stereocenters. The van der Waals surface area contributed by atoms with E-state index in [0.29, 0.717) is 11.6 Å². The Balaban J connectivity index is 1.56. The summed E-state index contributed by atoms with van der Waals surface area (Å²) in [5.74, 6) is 2.91. The summed E-state index contributed by atoms with van der Waals surface area (Å²) in [6.07, 6.45) is 0. The van der Waals surface area contributed by atoms with Crippen molar-refractivity contribution < 1.29 is 9.47 Å². The summed E-state index contributed by atoms with van der Waals surface area (Å²) in [5.41, 5.74) is 2.11.